The molecule has 0 radical (unpaired) electrons. The van der Waals surface area contributed by atoms with E-state index in [2.05, 4.69) is 98.1 Å². The van der Waals surface area contributed by atoms with Crippen molar-refractivity contribution in [3.8, 4) is 11.3 Å². The van der Waals surface area contributed by atoms with Crippen LogP contribution >= 0.6 is 0 Å². The number of carbonyl (C=O) groups excluding carboxylic acids is 1. The number of likely N-dealkylation sites (tertiary alicyclic amines) is 1. The largest absolute Gasteiger partial charge is 0.382 e. The molecular formula is C32H34N6O. The SMILES string of the molecule is Cc1cc(NC2CCN(C)CC2)ccc1C(=O)Nc1cc(-c2ccc3ccn(Cc4ccccc4)c3c2)[nH]n1. The molecule has 1 amide bonds. The number of fused-ring (bicyclic) bond motifs is 1. The average Bonchev–Trinajstić information content (AvgIpc) is 3.57. The molecule has 0 saturated carbocycles. The molecule has 7 nitrogen and oxygen atoms in total. The quantitative estimate of drug-likeness (QED) is 0.242. The second-order valence-corrected chi connectivity index (χ2v) is 10.6. The van der Waals surface area contributed by atoms with Gasteiger partial charge in [0.05, 0.1) is 5.69 Å². The predicted molar refractivity (Wildman–Crippen MR) is 158 cm³/mol. The van der Waals surface area contributed by atoms with E-state index in [1.807, 2.05) is 31.2 Å². The van der Waals surface area contributed by atoms with Gasteiger partial charge in [-0.1, -0.05) is 42.5 Å². The van der Waals surface area contributed by atoms with Crippen molar-refractivity contribution in [3.63, 3.8) is 0 Å². The van der Waals surface area contributed by atoms with Gasteiger partial charge in [-0.25, -0.2) is 0 Å². The van der Waals surface area contributed by atoms with Gasteiger partial charge in [-0.15, -0.1) is 0 Å². The third-order valence-corrected chi connectivity index (χ3v) is 7.66. The lowest BCUT2D eigenvalue weighted by Gasteiger charge is -2.30. The van der Waals surface area contributed by atoms with Crippen molar-refractivity contribution in [2.45, 2.75) is 32.4 Å². The molecule has 3 heterocycles. The Morgan fingerprint density at radius 3 is 2.62 bits per heavy atom. The molecule has 1 aliphatic heterocycles. The summed E-state index contributed by atoms with van der Waals surface area (Å²) in [6, 6.07) is 27.3. The first-order valence-electron chi connectivity index (χ1n) is 13.6. The molecular weight excluding hydrogens is 484 g/mol. The van der Waals surface area contributed by atoms with Crippen LogP contribution in [0.1, 0.15) is 34.3 Å². The van der Waals surface area contributed by atoms with Gasteiger partial charge in [-0.05, 0) is 86.7 Å². The Bertz CT molecular complexity index is 1590. The molecule has 5 aromatic rings. The Morgan fingerprint density at radius 1 is 1.00 bits per heavy atom. The van der Waals surface area contributed by atoms with Crippen LogP contribution < -0.4 is 10.6 Å². The number of hydrogen-bond acceptors (Lipinski definition) is 4. The van der Waals surface area contributed by atoms with E-state index in [-0.39, 0.29) is 5.91 Å². The number of H-pyrrole nitrogens is 1. The fraction of sp³-hybridized carbons (Fsp3) is 0.250. The van der Waals surface area contributed by atoms with Crippen molar-refractivity contribution in [2.24, 2.45) is 0 Å². The van der Waals surface area contributed by atoms with Gasteiger partial charge in [0.25, 0.3) is 5.91 Å². The van der Waals surface area contributed by atoms with Crippen molar-refractivity contribution in [2.75, 3.05) is 30.8 Å². The summed E-state index contributed by atoms with van der Waals surface area (Å²) >= 11 is 0. The number of aryl methyl sites for hydroxylation is 1. The van der Waals surface area contributed by atoms with Crippen molar-refractivity contribution in [3.05, 3.63) is 102 Å². The smallest absolute Gasteiger partial charge is 0.257 e. The minimum Gasteiger partial charge on any atom is -0.382 e. The molecule has 0 unspecified atom stereocenters. The average molecular weight is 519 g/mol. The maximum Gasteiger partial charge on any atom is 0.257 e. The summed E-state index contributed by atoms with van der Waals surface area (Å²) < 4.78 is 2.25. The number of piperidine rings is 1. The van der Waals surface area contributed by atoms with E-state index in [1.54, 1.807) is 0 Å². The number of hydrogen-bond donors (Lipinski definition) is 3. The van der Waals surface area contributed by atoms with Gasteiger partial charge in [-0.3, -0.25) is 9.89 Å². The normalized spacial score (nSPS) is 14.5. The number of aromatic nitrogens is 3. The summed E-state index contributed by atoms with van der Waals surface area (Å²) in [5.41, 5.74) is 6.93. The van der Waals surface area contributed by atoms with Crippen molar-refractivity contribution in [1.82, 2.24) is 19.7 Å². The van der Waals surface area contributed by atoms with Crippen molar-refractivity contribution < 1.29 is 4.79 Å². The summed E-state index contributed by atoms with van der Waals surface area (Å²) in [4.78, 5) is 15.4. The van der Waals surface area contributed by atoms with E-state index in [0.29, 0.717) is 17.4 Å². The highest BCUT2D eigenvalue weighted by Gasteiger charge is 2.18. The van der Waals surface area contributed by atoms with E-state index in [4.69, 9.17) is 0 Å². The van der Waals surface area contributed by atoms with Crippen molar-refractivity contribution >= 4 is 28.3 Å². The number of aromatic amines is 1. The van der Waals surface area contributed by atoms with Gasteiger partial charge in [0.1, 0.15) is 0 Å². The predicted octanol–water partition coefficient (Wildman–Crippen LogP) is 6.15. The highest BCUT2D eigenvalue weighted by Crippen LogP contribution is 2.27. The lowest BCUT2D eigenvalue weighted by molar-refractivity contribution is 0.102. The van der Waals surface area contributed by atoms with Crippen LogP contribution in [0, 0.1) is 6.92 Å². The molecule has 3 N–H and O–H groups in total. The van der Waals surface area contributed by atoms with Crippen LogP contribution in [0.25, 0.3) is 22.2 Å². The third kappa shape index (κ3) is 5.59. The Kier molecular flexibility index (Phi) is 6.90. The van der Waals surface area contributed by atoms with Gasteiger partial charge in [0.2, 0.25) is 0 Å². The summed E-state index contributed by atoms with van der Waals surface area (Å²) in [7, 11) is 2.17. The third-order valence-electron chi connectivity index (χ3n) is 7.66. The molecule has 198 valence electrons. The van der Waals surface area contributed by atoms with Crippen LogP contribution in [0.2, 0.25) is 0 Å². The molecule has 6 rings (SSSR count). The van der Waals surface area contributed by atoms with Gasteiger partial charge in [0, 0.05) is 47.2 Å². The van der Waals surface area contributed by atoms with Crippen LogP contribution in [-0.4, -0.2) is 51.8 Å². The number of nitrogens with one attached hydrogen (secondary N) is 3. The summed E-state index contributed by atoms with van der Waals surface area (Å²) in [6.07, 6.45) is 4.38. The number of carbonyl (C=O) groups is 1. The highest BCUT2D eigenvalue weighted by molar-refractivity contribution is 6.05. The minimum atomic E-state index is -0.163. The first kappa shape index (κ1) is 24.9. The Morgan fingerprint density at radius 2 is 1.82 bits per heavy atom. The van der Waals surface area contributed by atoms with E-state index in [0.717, 1.165) is 60.5 Å². The topological polar surface area (TPSA) is 78.0 Å². The number of benzene rings is 3. The van der Waals surface area contributed by atoms with Crippen LogP contribution in [0.4, 0.5) is 11.5 Å². The molecule has 1 saturated heterocycles. The molecule has 0 aliphatic carbocycles. The van der Waals surface area contributed by atoms with E-state index in [1.165, 1.54) is 10.9 Å². The number of anilines is 2. The molecule has 7 heteroatoms. The van der Waals surface area contributed by atoms with Gasteiger partial charge in [0.15, 0.2) is 5.82 Å². The van der Waals surface area contributed by atoms with Gasteiger partial charge >= 0.3 is 0 Å². The van der Waals surface area contributed by atoms with Crippen LogP contribution in [0.3, 0.4) is 0 Å². The highest BCUT2D eigenvalue weighted by atomic mass is 16.1. The van der Waals surface area contributed by atoms with Crippen LogP contribution in [0.15, 0.2) is 85.1 Å². The second kappa shape index (κ2) is 10.8. The van der Waals surface area contributed by atoms with Crippen molar-refractivity contribution in [1.29, 1.82) is 0 Å². The minimum absolute atomic E-state index is 0.163. The number of amides is 1. The molecule has 1 fully saturated rings. The fourth-order valence-corrected chi connectivity index (χ4v) is 5.38. The maximum atomic E-state index is 13.1. The van der Waals surface area contributed by atoms with E-state index in [9.17, 15) is 4.79 Å². The molecule has 0 bridgehead atoms. The zero-order valence-electron chi connectivity index (χ0n) is 22.4. The van der Waals surface area contributed by atoms with Crippen LogP contribution in [-0.2, 0) is 6.54 Å². The second-order valence-electron chi connectivity index (χ2n) is 10.6. The van der Waals surface area contributed by atoms with Crippen LogP contribution in [0.5, 0.6) is 0 Å². The fourth-order valence-electron chi connectivity index (χ4n) is 5.38. The van der Waals surface area contributed by atoms with E-state index < -0.39 is 0 Å². The first-order valence-corrected chi connectivity index (χ1v) is 13.6. The zero-order valence-corrected chi connectivity index (χ0v) is 22.4. The van der Waals surface area contributed by atoms with Gasteiger partial charge < -0.3 is 20.1 Å². The lowest BCUT2D eigenvalue weighted by Crippen LogP contribution is -2.36. The number of nitrogens with zero attached hydrogens (tertiary/aromatic N) is 3. The Labute approximate surface area is 228 Å². The molecule has 2 aromatic heterocycles. The molecule has 1 aliphatic rings. The first-order chi connectivity index (χ1) is 19.0. The molecule has 0 atom stereocenters. The standard InChI is InChI=1S/C32H34N6O/c1-22-18-27(33-26-13-15-37(2)16-14-26)10-11-28(22)32(39)34-31-20-29(35-36-31)25-9-8-24-12-17-38(30(24)19-25)21-23-6-4-3-5-7-23/h3-12,17-20,26,33H,13-16,21H2,1-2H3,(H2,34,35,36,39). The maximum absolute atomic E-state index is 13.1. The molecule has 39 heavy (non-hydrogen) atoms. The molecule has 3 aromatic carbocycles. The molecule has 0 spiro atoms. The Balaban J connectivity index is 1.14. The lowest BCUT2D eigenvalue weighted by atomic mass is 10.0. The number of rotatable bonds is 7. The zero-order chi connectivity index (χ0) is 26.8. The van der Waals surface area contributed by atoms with Gasteiger partial charge in [-0.2, -0.15) is 5.10 Å². The monoisotopic (exact) mass is 518 g/mol. The summed E-state index contributed by atoms with van der Waals surface area (Å²) in [6.45, 7) is 5.00. The van der Waals surface area contributed by atoms with E-state index >= 15 is 0 Å². The Hall–Kier alpha value is -4.36. The summed E-state index contributed by atoms with van der Waals surface area (Å²) in [5, 5.41) is 15.2. The summed E-state index contributed by atoms with van der Waals surface area (Å²) in [5.74, 6) is 0.339.